The van der Waals surface area contributed by atoms with Gasteiger partial charge in [0.2, 0.25) is 10.9 Å². The van der Waals surface area contributed by atoms with Gasteiger partial charge in [0, 0.05) is 26.5 Å². The number of hydrogen-bond acceptors (Lipinski definition) is 5. The van der Waals surface area contributed by atoms with Crippen molar-refractivity contribution in [2.75, 3.05) is 13.7 Å². The third-order valence-electron chi connectivity index (χ3n) is 4.00. The molecule has 0 bridgehead atoms. The van der Waals surface area contributed by atoms with E-state index >= 15 is 0 Å². The zero-order chi connectivity index (χ0) is 18.2. The summed E-state index contributed by atoms with van der Waals surface area (Å²) in [7, 11) is 1.56. The lowest BCUT2D eigenvalue weighted by Gasteiger charge is -2.16. The van der Waals surface area contributed by atoms with Gasteiger partial charge in [0.25, 0.3) is 0 Å². The topological polar surface area (TPSA) is 59.7 Å². The molecule has 0 radical (unpaired) electrons. The summed E-state index contributed by atoms with van der Waals surface area (Å²) in [6.45, 7) is 0.819. The molecule has 3 rings (SSSR count). The number of halogens is 4. The average molecular weight is 397 g/mol. The first-order chi connectivity index (χ1) is 11.8. The van der Waals surface area contributed by atoms with Crippen molar-refractivity contribution in [2.45, 2.75) is 38.6 Å². The number of hydrogen-bond donors (Lipinski definition) is 0. The maximum atomic E-state index is 12.3. The van der Waals surface area contributed by atoms with E-state index < -0.39 is 12.6 Å². The highest BCUT2D eigenvalue weighted by atomic mass is 35.5. The van der Waals surface area contributed by atoms with Crippen molar-refractivity contribution in [1.29, 1.82) is 0 Å². The van der Waals surface area contributed by atoms with Gasteiger partial charge in [-0.2, -0.15) is 22.8 Å². The van der Waals surface area contributed by atoms with Crippen LogP contribution in [0, 0.1) is 5.92 Å². The van der Waals surface area contributed by atoms with Crippen molar-refractivity contribution in [3.63, 3.8) is 0 Å². The van der Waals surface area contributed by atoms with Crippen LogP contribution in [0.2, 0.25) is 5.15 Å². The third kappa shape index (κ3) is 4.24. The number of alkyl halides is 3. The lowest BCUT2D eigenvalue weighted by atomic mass is 10.0. The van der Waals surface area contributed by atoms with Crippen LogP contribution in [0.1, 0.15) is 30.0 Å². The molecule has 6 nitrogen and oxygen atoms in total. The Morgan fingerprint density at radius 3 is 2.84 bits per heavy atom. The molecule has 1 unspecified atom stereocenters. The van der Waals surface area contributed by atoms with E-state index in [1.807, 2.05) is 0 Å². The first kappa shape index (κ1) is 18.4. The Balaban J connectivity index is 1.66. The van der Waals surface area contributed by atoms with Gasteiger partial charge >= 0.3 is 6.18 Å². The molecule has 0 N–H and O–H groups in total. The summed E-state index contributed by atoms with van der Waals surface area (Å²) < 4.78 is 43.5. The van der Waals surface area contributed by atoms with Gasteiger partial charge in [0.1, 0.15) is 10.7 Å². The first-order valence-corrected chi connectivity index (χ1v) is 8.82. The SMILES string of the molecule is COCc1nn2c(Cl)c(CN3CC(CCC(F)(F)F)CC3=O)nc2s1. The Kier molecular flexibility index (Phi) is 5.21. The van der Waals surface area contributed by atoms with Crippen LogP contribution < -0.4 is 0 Å². The van der Waals surface area contributed by atoms with E-state index in [0.717, 1.165) is 5.01 Å². The molecule has 2 aromatic heterocycles. The molecular weight excluding hydrogens is 381 g/mol. The average Bonchev–Trinajstić information content (AvgIpc) is 3.14. The van der Waals surface area contributed by atoms with E-state index in [0.29, 0.717) is 29.0 Å². The van der Waals surface area contributed by atoms with E-state index in [-0.39, 0.29) is 31.2 Å². The second kappa shape index (κ2) is 7.08. The minimum absolute atomic E-state index is 0.0420. The number of carbonyl (C=O) groups is 1. The van der Waals surface area contributed by atoms with Gasteiger partial charge in [-0.3, -0.25) is 4.79 Å². The Labute approximate surface area is 150 Å². The Morgan fingerprint density at radius 1 is 1.44 bits per heavy atom. The zero-order valence-electron chi connectivity index (χ0n) is 13.3. The molecule has 1 aliphatic rings. The molecule has 1 atom stereocenters. The Morgan fingerprint density at radius 2 is 2.20 bits per heavy atom. The lowest BCUT2D eigenvalue weighted by Crippen LogP contribution is -2.25. The van der Waals surface area contributed by atoms with Crippen LogP contribution >= 0.6 is 22.9 Å². The number of ether oxygens (including phenoxy) is 1. The summed E-state index contributed by atoms with van der Waals surface area (Å²) in [6, 6.07) is 0. The molecule has 0 aromatic carbocycles. The minimum Gasteiger partial charge on any atom is -0.377 e. The summed E-state index contributed by atoms with van der Waals surface area (Å²) in [5, 5.41) is 5.31. The smallest absolute Gasteiger partial charge is 0.377 e. The van der Waals surface area contributed by atoms with Crippen molar-refractivity contribution in [1.82, 2.24) is 19.5 Å². The second-order valence-electron chi connectivity index (χ2n) is 5.97. The van der Waals surface area contributed by atoms with Gasteiger partial charge in [-0.1, -0.05) is 22.9 Å². The van der Waals surface area contributed by atoms with Crippen molar-refractivity contribution in [2.24, 2.45) is 5.92 Å². The van der Waals surface area contributed by atoms with E-state index in [1.54, 1.807) is 7.11 Å². The normalized spacial score (nSPS) is 18.7. The first-order valence-electron chi connectivity index (χ1n) is 7.63. The van der Waals surface area contributed by atoms with Crippen LogP contribution in [0.3, 0.4) is 0 Å². The summed E-state index contributed by atoms with van der Waals surface area (Å²) in [5.41, 5.74) is 0.495. The number of aromatic nitrogens is 3. The Hall–Kier alpha value is -1.39. The molecule has 0 spiro atoms. The number of imidazole rings is 1. The molecule has 11 heteroatoms. The van der Waals surface area contributed by atoms with Gasteiger partial charge in [-0.05, 0) is 12.3 Å². The van der Waals surface area contributed by atoms with Crippen LogP contribution in [0.4, 0.5) is 13.2 Å². The van der Waals surface area contributed by atoms with E-state index in [4.69, 9.17) is 16.3 Å². The van der Waals surface area contributed by atoms with Crippen LogP contribution in [0.25, 0.3) is 4.96 Å². The largest absolute Gasteiger partial charge is 0.389 e. The van der Waals surface area contributed by atoms with Crippen LogP contribution in [-0.4, -0.2) is 45.2 Å². The van der Waals surface area contributed by atoms with Crippen LogP contribution in [0.5, 0.6) is 0 Å². The van der Waals surface area contributed by atoms with E-state index in [2.05, 4.69) is 10.1 Å². The Bertz CT molecular complexity index is 776. The summed E-state index contributed by atoms with van der Waals surface area (Å²) in [4.78, 5) is 18.5. The summed E-state index contributed by atoms with van der Waals surface area (Å²) in [5.74, 6) is -0.462. The molecule has 0 saturated carbocycles. The number of amides is 1. The number of nitrogens with zero attached hydrogens (tertiary/aromatic N) is 4. The molecule has 1 saturated heterocycles. The molecule has 3 heterocycles. The van der Waals surface area contributed by atoms with Crippen molar-refractivity contribution in [3.8, 4) is 0 Å². The highest BCUT2D eigenvalue weighted by molar-refractivity contribution is 7.16. The standard InChI is InChI=1S/C14H16ClF3N4O2S/c1-24-7-10-20-22-12(15)9(19-13(22)25-10)6-21-5-8(4-11(21)23)2-3-14(16,17)18/h8H,2-7H2,1H3. The number of likely N-dealkylation sites (tertiary alicyclic amines) is 1. The number of rotatable bonds is 6. The van der Waals surface area contributed by atoms with Crippen molar-refractivity contribution >= 4 is 33.8 Å². The van der Waals surface area contributed by atoms with E-state index in [9.17, 15) is 18.0 Å². The monoisotopic (exact) mass is 396 g/mol. The van der Waals surface area contributed by atoms with Crippen LogP contribution in [0.15, 0.2) is 0 Å². The molecule has 0 aliphatic carbocycles. The third-order valence-corrected chi connectivity index (χ3v) is 5.26. The van der Waals surface area contributed by atoms with E-state index in [1.165, 1.54) is 20.8 Å². The quantitative estimate of drug-likeness (QED) is 0.751. The summed E-state index contributed by atoms with van der Waals surface area (Å²) in [6.07, 6.45) is -4.97. The number of carbonyl (C=O) groups excluding carboxylic acids is 1. The molecule has 1 fully saturated rings. The molecular formula is C14H16ClF3N4O2S. The molecule has 1 amide bonds. The van der Waals surface area contributed by atoms with Crippen molar-refractivity contribution in [3.05, 3.63) is 15.9 Å². The predicted molar refractivity (Wildman–Crippen MR) is 85.4 cm³/mol. The number of fused-ring (bicyclic) bond motifs is 1. The van der Waals surface area contributed by atoms with Gasteiger partial charge < -0.3 is 9.64 Å². The fourth-order valence-corrected chi connectivity index (χ4v) is 3.99. The lowest BCUT2D eigenvalue weighted by molar-refractivity contribution is -0.137. The summed E-state index contributed by atoms with van der Waals surface area (Å²) >= 11 is 7.60. The molecule has 138 valence electrons. The maximum Gasteiger partial charge on any atom is 0.389 e. The highest BCUT2D eigenvalue weighted by Crippen LogP contribution is 2.31. The van der Waals surface area contributed by atoms with Gasteiger partial charge in [0.15, 0.2) is 5.15 Å². The molecule has 1 aliphatic heterocycles. The fraction of sp³-hybridized carbons (Fsp3) is 0.643. The second-order valence-corrected chi connectivity index (χ2v) is 7.37. The molecule has 25 heavy (non-hydrogen) atoms. The maximum absolute atomic E-state index is 12.3. The van der Waals surface area contributed by atoms with Gasteiger partial charge in [-0.25, -0.2) is 4.98 Å². The van der Waals surface area contributed by atoms with Crippen LogP contribution in [-0.2, 0) is 22.7 Å². The fourth-order valence-electron chi connectivity index (χ4n) is 2.84. The predicted octanol–water partition coefficient (Wildman–Crippen LogP) is 3.28. The minimum atomic E-state index is -4.19. The van der Waals surface area contributed by atoms with Crippen molar-refractivity contribution < 1.29 is 22.7 Å². The molecule has 2 aromatic rings. The van der Waals surface area contributed by atoms with Gasteiger partial charge in [0.05, 0.1) is 13.2 Å². The van der Waals surface area contributed by atoms with Gasteiger partial charge in [-0.15, -0.1) is 0 Å². The zero-order valence-corrected chi connectivity index (χ0v) is 14.9. The highest BCUT2D eigenvalue weighted by Gasteiger charge is 2.34. The number of methoxy groups -OCH3 is 1.